The first-order valence-corrected chi connectivity index (χ1v) is 7.11. The van der Waals surface area contributed by atoms with Gasteiger partial charge in [0.15, 0.2) is 0 Å². The Bertz CT molecular complexity index is 554. The molecule has 0 radical (unpaired) electrons. The summed E-state index contributed by atoms with van der Waals surface area (Å²) in [5.74, 6) is -0.287. The summed E-state index contributed by atoms with van der Waals surface area (Å²) in [6, 6.07) is 7.72. The van der Waals surface area contributed by atoms with Gasteiger partial charge in [-0.1, -0.05) is 24.3 Å². The number of nitrogens with zero attached hydrogens (tertiary/aromatic N) is 2. The number of amides is 1. The summed E-state index contributed by atoms with van der Waals surface area (Å²) < 4.78 is 5.10. The minimum atomic E-state index is -0.971. The molecule has 6 heteroatoms. The van der Waals surface area contributed by atoms with Crippen LogP contribution in [0.15, 0.2) is 30.3 Å². The fourth-order valence-corrected chi connectivity index (χ4v) is 2.30. The molecule has 0 bridgehead atoms. The molecule has 1 aromatic carbocycles. The number of carboxylic acid groups (broad SMARTS) is 1. The lowest BCUT2D eigenvalue weighted by molar-refractivity contribution is -0.146. The molecule has 1 N–H and O–H groups in total. The van der Waals surface area contributed by atoms with Crippen LogP contribution in [-0.2, 0) is 9.59 Å². The van der Waals surface area contributed by atoms with Gasteiger partial charge in [0.2, 0.25) is 5.91 Å². The largest absolute Gasteiger partial charge is 0.497 e. The number of benzene rings is 1. The molecule has 2 rings (SSSR count). The zero-order chi connectivity index (χ0) is 15.9. The van der Waals surface area contributed by atoms with Crippen molar-refractivity contribution in [2.75, 3.05) is 39.8 Å². The molecule has 0 spiro atoms. The van der Waals surface area contributed by atoms with Gasteiger partial charge in [-0.05, 0) is 17.7 Å². The van der Waals surface area contributed by atoms with E-state index in [2.05, 4.69) is 0 Å². The topological polar surface area (TPSA) is 70.1 Å². The van der Waals surface area contributed by atoms with Gasteiger partial charge in [0.05, 0.1) is 13.7 Å². The molecule has 6 nitrogen and oxygen atoms in total. The first-order valence-electron chi connectivity index (χ1n) is 7.11. The molecule has 0 saturated carbocycles. The Morgan fingerprint density at radius 3 is 2.64 bits per heavy atom. The first-order chi connectivity index (χ1) is 10.6. The van der Waals surface area contributed by atoms with Crippen LogP contribution in [-0.4, -0.2) is 66.6 Å². The molecule has 1 heterocycles. The van der Waals surface area contributed by atoms with Gasteiger partial charge in [-0.25, -0.2) is 0 Å². The molecule has 0 atom stereocenters. The summed E-state index contributed by atoms with van der Waals surface area (Å²) in [6.45, 7) is 1.86. The molecule has 0 aliphatic carbocycles. The van der Waals surface area contributed by atoms with E-state index in [4.69, 9.17) is 9.84 Å². The van der Waals surface area contributed by atoms with Crippen molar-refractivity contribution in [1.82, 2.24) is 9.80 Å². The van der Waals surface area contributed by atoms with Gasteiger partial charge >= 0.3 is 5.97 Å². The molecule has 22 heavy (non-hydrogen) atoms. The number of methoxy groups -OCH3 is 1. The number of carboxylic acids is 1. The number of aliphatic carboxylic acids is 1. The zero-order valence-electron chi connectivity index (χ0n) is 12.6. The fraction of sp³-hybridized carbons (Fsp3) is 0.375. The highest BCUT2D eigenvalue weighted by molar-refractivity contribution is 5.83. The van der Waals surface area contributed by atoms with Crippen molar-refractivity contribution in [3.05, 3.63) is 35.9 Å². The highest BCUT2D eigenvalue weighted by Gasteiger charge is 2.24. The first kappa shape index (κ1) is 16.0. The molecule has 0 aromatic heterocycles. The summed E-state index contributed by atoms with van der Waals surface area (Å²) in [6.07, 6.45) is 4.00. The quantitative estimate of drug-likeness (QED) is 0.847. The molecular formula is C16H20N2O4. The molecule has 118 valence electrons. The summed E-state index contributed by atoms with van der Waals surface area (Å²) in [4.78, 5) is 25.9. The molecule has 1 aromatic rings. The number of hydrogen-bond acceptors (Lipinski definition) is 4. The van der Waals surface area contributed by atoms with Crippen LogP contribution in [0.5, 0.6) is 5.75 Å². The van der Waals surface area contributed by atoms with Crippen molar-refractivity contribution in [2.45, 2.75) is 0 Å². The average Bonchev–Trinajstić information content (AvgIpc) is 2.50. The number of rotatable bonds is 6. The van der Waals surface area contributed by atoms with Crippen molar-refractivity contribution in [3.8, 4) is 5.75 Å². The second-order valence-corrected chi connectivity index (χ2v) is 5.12. The maximum Gasteiger partial charge on any atom is 0.323 e. The molecule has 1 aliphatic heterocycles. The number of ether oxygens (including phenoxy) is 1. The van der Waals surface area contributed by atoms with E-state index >= 15 is 0 Å². The maximum absolute atomic E-state index is 11.8. The third-order valence-electron chi connectivity index (χ3n) is 3.51. The second-order valence-electron chi connectivity index (χ2n) is 5.12. The Kier molecular flexibility index (Phi) is 5.55. The third-order valence-corrected chi connectivity index (χ3v) is 3.51. The van der Waals surface area contributed by atoms with Crippen molar-refractivity contribution < 1.29 is 19.4 Å². The number of carbonyl (C=O) groups excluding carboxylic acids is 1. The lowest BCUT2D eigenvalue weighted by Crippen LogP contribution is -2.51. The molecule has 1 fully saturated rings. The Balaban J connectivity index is 1.81. The van der Waals surface area contributed by atoms with E-state index < -0.39 is 5.97 Å². The maximum atomic E-state index is 11.8. The van der Waals surface area contributed by atoms with Crippen LogP contribution in [0, 0.1) is 0 Å². The minimum Gasteiger partial charge on any atom is -0.497 e. The smallest absolute Gasteiger partial charge is 0.323 e. The van der Waals surface area contributed by atoms with Crippen molar-refractivity contribution in [1.29, 1.82) is 0 Å². The van der Waals surface area contributed by atoms with Crippen LogP contribution in [0.25, 0.3) is 6.08 Å². The van der Waals surface area contributed by atoms with Crippen LogP contribution in [0.4, 0.5) is 0 Å². The molecule has 0 unspecified atom stereocenters. The SMILES string of the molecule is COc1ccc(C=CCN2CCN(CC(=O)O)C(=O)C2)cc1. The molecular weight excluding hydrogens is 284 g/mol. The summed E-state index contributed by atoms with van der Waals surface area (Å²) in [7, 11) is 1.63. The van der Waals surface area contributed by atoms with Gasteiger partial charge in [-0.15, -0.1) is 0 Å². The summed E-state index contributed by atoms with van der Waals surface area (Å²) in [5.41, 5.74) is 1.07. The minimum absolute atomic E-state index is 0.133. The monoisotopic (exact) mass is 304 g/mol. The van der Waals surface area contributed by atoms with E-state index in [1.54, 1.807) is 7.11 Å². The lowest BCUT2D eigenvalue weighted by atomic mass is 10.2. The Morgan fingerprint density at radius 1 is 1.32 bits per heavy atom. The molecule has 1 saturated heterocycles. The number of hydrogen-bond donors (Lipinski definition) is 1. The molecule has 1 aliphatic rings. The number of carbonyl (C=O) groups is 2. The van der Waals surface area contributed by atoms with E-state index in [0.29, 0.717) is 19.6 Å². The standard InChI is InChI=1S/C16H20N2O4/c1-22-14-6-4-13(5-7-14)3-2-8-17-9-10-18(12-16(20)21)15(19)11-17/h2-7H,8-12H2,1H3,(H,20,21). The van der Waals surface area contributed by atoms with Gasteiger partial charge in [-0.3, -0.25) is 14.5 Å². The van der Waals surface area contributed by atoms with Crippen molar-refractivity contribution >= 4 is 18.0 Å². The van der Waals surface area contributed by atoms with Gasteiger partial charge in [0, 0.05) is 19.6 Å². The average molecular weight is 304 g/mol. The number of piperazine rings is 1. The van der Waals surface area contributed by atoms with E-state index in [0.717, 1.165) is 11.3 Å². The Morgan fingerprint density at radius 2 is 2.05 bits per heavy atom. The normalized spacial score (nSPS) is 16.2. The predicted molar refractivity (Wildman–Crippen MR) is 82.7 cm³/mol. The third kappa shape index (κ3) is 4.60. The highest BCUT2D eigenvalue weighted by Crippen LogP contribution is 2.12. The van der Waals surface area contributed by atoms with E-state index in [9.17, 15) is 9.59 Å². The van der Waals surface area contributed by atoms with Crippen LogP contribution in [0.3, 0.4) is 0 Å². The van der Waals surface area contributed by atoms with Crippen LogP contribution >= 0.6 is 0 Å². The van der Waals surface area contributed by atoms with Crippen LogP contribution in [0.2, 0.25) is 0 Å². The Hall–Kier alpha value is -2.34. The summed E-state index contributed by atoms with van der Waals surface area (Å²) >= 11 is 0. The van der Waals surface area contributed by atoms with Crippen LogP contribution in [0.1, 0.15) is 5.56 Å². The van der Waals surface area contributed by atoms with E-state index in [1.165, 1.54) is 4.90 Å². The zero-order valence-corrected chi connectivity index (χ0v) is 12.6. The van der Waals surface area contributed by atoms with Gasteiger partial charge in [0.25, 0.3) is 0 Å². The fourth-order valence-electron chi connectivity index (χ4n) is 2.30. The Labute approximate surface area is 129 Å². The summed E-state index contributed by atoms with van der Waals surface area (Å²) in [5, 5.41) is 8.73. The second kappa shape index (κ2) is 7.61. The predicted octanol–water partition coefficient (Wildman–Crippen LogP) is 0.937. The van der Waals surface area contributed by atoms with E-state index in [-0.39, 0.29) is 19.0 Å². The van der Waals surface area contributed by atoms with Crippen molar-refractivity contribution in [3.63, 3.8) is 0 Å². The van der Waals surface area contributed by atoms with Gasteiger partial charge in [0.1, 0.15) is 12.3 Å². The van der Waals surface area contributed by atoms with Crippen LogP contribution < -0.4 is 4.74 Å². The van der Waals surface area contributed by atoms with Gasteiger partial charge < -0.3 is 14.7 Å². The molecule has 1 amide bonds. The highest BCUT2D eigenvalue weighted by atomic mass is 16.5. The lowest BCUT2D eigenvalue weighted by Gasteiger charge is -2.32. The van der Waals surface area contributed by atoms with E-state index in [1.807, 2.05) is 41.3 Å². The van der Waals surface area contributed by atoms with Gasteiger partial charge in [-0.2, -0.15) is 0 Å². The van der Waals surface area contributed by atoms with Crippen molar-refractivity contribution in [2.24, 2.45) is 0 Å².